The summed E-state index contributed by atoms with van der Waals surface area (Å²) >= 11 is 0. The summed E-state index contributed by atoms with van der Waals surface area (Å²) in [7, 11) is 0. The zero-order valence-corrected chi connectivity index (χ0v) is 15.6. The van der Waals surface area contributed by atoms with Gasteiger partial charge in [0.05, 0.1) is 11.7 Å². The highest BCUT2D eigenvalue weighted by molar-refractivity contribution is 5.76. The number of nitrogens with zero attached hydrogens (tertiary/aromatic N) is 1. The van der Waals surface area contributed by atoms with E-state index in [1.54, 1.807) is 19.1 Å². The number of aromatic amines is 1. The van der Waals surface area contributed by atoms with Crippen LogP contribution in [-0.4, -0.2) is 15.7 Å². The number of hydrogen-bond donors (Lipinski definition) is 2. The van der Waals surface area contributed by atoms with Gasteiger partial charge in [-0.25, -0.2) is 13.5 Å². The number of halogens is 2. The summed E-state index contributed by atoms with van der Waals surface area (Å²) in [4.78, 5) is 24.9. The van der Waals surface area contributed by atoms with E-state index in [9.17, 15) is 18.4 Å². The standard InChI is InChI=1S/C21H21F2N3O2/c1-13(15-3-5-16(22)6-4-15)24-20(27)12-11-19-14(2)25-26(21(19)28)18-9-7-17(23)8-10-18/h3-10,13,25H,11-12H2,1-2H3,(H,24,27)/t13-/m0/s1. The molecule has 0 radical (unpaired) electrons. The normalized spacial score (nSPS) is 12.0. The lowest BCUT2D eigenvalue weighted by molar-refractivity contribution is -0.121. The van der Waals surface area contributed by atoms with Gasteiger partial charge in [-0.3, -0.25) is 14.7 Å². The topological polar surface area (TPSA) is 66.9 Å². The lowest BCUT2D eigenvalue weighted by Gasteiger charge is -2.14. The van der Waals surface area contributed by atoms with Crippen LogP contribution in [0.25, 0.3) is 5.69 Å². The molecule has 1 amide bonds. The fraction of sp³-hybridized carbons (Fsp3) is 0.238. The number of carbonyl (C=O) groups is 1. The molecule has 0 aliphatic heterocycles. The predicted octanol–water partition coefficient (Wildman–Crippen LogP) is 3.56. The van der Waals surface area contributed by atoms with Crippen LogP contribution in [0.1, 0.15) is 36.2 Å². The summed E-state index contributed by atoms with van der Waals surface area (Å²) in [5.41, 5.74) is 2.23. The van der Waals surface area contributed by atoms with Gasteiger partial charge in [-0.1, -0.05) is 12.1 Å². The van der Waals surface area contributed by atoms with E-state index in [1.807, 2.05) is 6.92 Å². The lowest BCUT2D eigenvalue weighted by atomic mass is 10.1. The third-order valence-corrected chi connectivity index (χ3v) is 4.63. The zero-order valence-electron chi connectivity index (χ0n) is 15.6. The Morgan fingerprint density at radius 3 is 2.25 bits per heavy atom. The van der Waals surface area contributed by atoms with Gasteiger partial charge in [0.1, 0.15) is 11.6 Å². The van der Waals surface area contributed by atoms with Crippen LogP contribution in [0, 0.1) is 18.6 Å². The van der Waals surface area contributed by atoms with Crippen LogP contribution in [0.3, 0.4) is 0 Å². The second kappa shape index (κ2) is 8.21. The lowest BCUT2D eigenvalue weighted by Crippen LogP contribution is -2.27. The SMILES string of the molecule is Cc1[nH]n(-c2ccc(F)cc2)c(=O)c1CCC(=O)N[C@@H](C)c1ccc(F)cc1. The Bertz CT molecular complexity index is 1020. The molecule has 2 N–H and O–H groups in total. The molecule has 0 saturated carbocycles. The number of aromatic nitrogens is 2. The van der Waals surface area contributed by atoms with E-state index in [1.165, 1.54) is 41.1 Å². The average Bonchev–Trinajstić information content (AvgIpc) is 2.95. The molecule has 1 aromatic heterocycles. The Labute approximate surface area is 161 Å². The first-order valence-corrected chi connectivity index (χ1v) is 8.96. The van der Waals surface area contributed by atoms with E-state index in [0.717, 1.165) is 5.56 Å². The molecular formula is C21H21F2N3O2. The highest BCUT2D eigenvalue weighted by Gasteiger charge is 2.15. The maximum absolute atomic E-state index is 13.1. The third-order valence-electron chi connectivity index (χ3n) is 4.63. The molecule has 3 aromatic rings. The van der Waals surface area contributed by atoms with Gasteiger partial charge in [-0.15, -0.1) is 0 Å². The number of hydrogen-bond acceptors (Lipinski definition) is 2. The summed E-state index contributed by atoms with van der Waals surface area (Å²) < 4.78 is 27.4. The Hall–Kier alpha value is -3.22. The molecule has 0 unspecified atom stereocenters. The number of aryl methyl sites for hydroxylation is 1. The minimum atomic E-state index is -0.382. The van der Waals surface area contributed by atoms with E-state index in [4.69, 9.17) is 0 Å². The van der Waals surface area contributed by atoms with E-state index in [2.05, 4.69) is 10.4 Å². The molecule has 0 saturated heterocycles. The van der Waals surface area contributed by atoms with Crippen molar-refractivity contribution in [1.82, 2.24) is 15.1 Å². The number of nitrogens with one attached hydrogen (secondary N) is 2. The molecule has 0 fully saturated rings. The third kappa shape index (κ3) is 4.36. The maximum atomic E-state index is 13.1. The minimum absolute atomic E-state index is 0.142. The van der Waals surface area contributed by atoms with E-state index >= 15 is 0 Å². The molecule has 0 aliphatic carbocycles. The van der Waals surface area contributed by atoms with Gasteiger partial charge >= 0.3 is 0 Å². The van der Waals surface area contributed by atoms with Gasteiger partial charge in [-0.2, -0.15) is 0 Å². The average molecular weight is 385 g/mol. The molecular weight excluding hydrogens is 364 g/mol. The predicted molar refractivity (Wildman–Crippen MR) is 102 cm³/mol. The van der Waals surface area contributed by atoms with Crippen LogP contribution in [0.5, 0.6) is 0 Å². The molecule has 28 heavy (non-hydrogen) atoms. The molecule has 0 aliphatic rings. The first kappa shape index (κ1) is 19.5. The Balaban J connectivity index is 1.65. The second-order valence-electron chi connectivity index (χ2n) is 6.67. The van der Waals surface area contributed by atoms with Crippen molar-refractivity contribution in [3.05, 3.63) is 87.3 Å². The van der Waals surface area contributed by atoms with E-state index in [-0.39, 0.29) is 42.0 Å². The quantitative estimate of drug-likeness (QED) is 0.681. The van der Waals surface area contributed by atoms with Crippen LogP contribution >= 0.6 is 0 Å². The fourth-order valence-corrected chi connectivity index (χ4v) is 3.03. The Morgan fingerprint density at radius 1 is 1.07 bits per heavy atom. The van der Waals surface area contributed by atoms with Crippen LogP contribution in [-0.2, 0) is 11.2 Å². The monoisotopic (exact) mass is 385 g/mol. The van der Waals surface area contributed by atoms with Crippen molar-refractivity contribution >= 4 is 5.91 Å². The minimum Gasteiger partial charge on any atom is -0.350 e. The number of benzene rings is 2. The fourth-order valence-electron chi connectivity index (χ4n) is 3.03. The molecule has 0 bridgehead atoms. The molecule has 0 spiro atoms. The van der Waals surface area contributed by atoms with Crippen molar-refractivity contribution in [1.29, 1.82) is 0 Å². The first-order valence-electron chi connectivity index (χ1n) is 8.96. The second-order valence-corrected chi connectivity index (χ2v) is 6.67. The summed E-state index contributed by atoms with van der Waals surface area (Å²) in [6.07, 6.45) is 0.417. The largest absolute Gasteiger partial charge is 0.350 e. The summed E-state index contributed by atoms with van der Waals surface area (Å²) in [6.45, 7) is 3.57. The van der Waals surface area contributed by atoms with Gasteiger partial charge in [0.15, 0.2) is 0 Å². The molecule has 2 aromatic carbocycles. The van der Waals surface area contributed by atoms with Gasteiger partial charge in [0.2, 0.25) is 5.91 Å². The van der Waals surface area contributed by atoms with E-state index < -0.39 is 0 Å². The van der Waals surface area contributed by atoms with Crippen molar-refractivity contribution in [2.45, 2.75) is 32.7 Å². The van der Waals surface area contributed by atoms with Crippen molar-refractivity contribution < 1.29 is 13.6 Å². The van der Waals surface area contributed by atoms with Gasteiger partial charge < -0.3 is 5.32 Å². The summed E-state index contributed by atoms with van der Waals surface area (Å²) in [6, 6.07) is 11.2. The van der Waals surface area contributed by atoms with Crippen LogP contribution < -0.4 is 10.9 Å². The van der Waals surface area contributed by atoms with Gasteiger partial charge in [0.25, 0.3) is 5.56 Å². The van der Waals surface area contributed by atoms with Crippen LogP contribution in [0.15, 0.2) is 53.3 Å². The molecule has 5 nitrogen and oxygen atoms in total. The Kier molecular flexibility index (Phi) is 5.73. The van der Waals surface area contributed by atoms with E-state index in [0.29, 0.717) is 16.9 Å². The highest BCUT2D eigenvalue weighted by atomic mass is 19.1. The number of rotatable bonds is 6. The zero-order chi connectivity index (χ0) is 20.3. The van der Waals surface area contributed by atoms with Gasteiger partial charge in [0, 0.05) is 17.7 Å². The number of amides is 1. The summed E-state index contributed by atoms with van der Waals surface area (Å²) in [5.74, 6) is -0.917. The Morgan fingerprint density at radius 2 is 1.64 bits per heavy atom. The van der Waals surface area contributed by atoms with Crippen LogP contribution in [0.2, 0.25) is 0 Å². The van der Waals surface area contributed by atoms with Gasteiger partial charge in [-0.05, 0) is 62.2 Å². The smallest absolute Gasteiger partial charge is 0.274 e. The van der Waals surface area contributed by atoms with Crippen molar-refractivity contribution in [2.75, 3.05) is 0 Å². The number of H-pyrrole nitrogens is 1. The van der Waals surface area contributed by atoms with Crippen molar-refractivity contribution in [3.63, 3.8) is 0 Å². The molecule has 3 rings (SSSR count). The summed E-state index contributed by atoms with van der Waals surface area (Å²) in [5, 5.41) is 5.81. The maximum Gasteiger partial charge on any atom is 0.274 e. The highest BCUT2D eigenvalue weighted by Crippen LogP contribution is 2.14. The molecule has 7 heteroatoms. The van der Waals surface area contributed by atoms with Crippen molar-refractivity contribution in [2.24, 2.45) is 0 Å². The first-order chi connectivity index (χ1) is 13.3. The molecule has 146 valence electrons. The number of carbonyl (C=O) groups excluding carboxylic acids is 1. The van der Waals surface area contributed by atoms with Crippen LogP contribution in [0.4, 0.5) is 8.78 Å². The molecule has 1 heterocycles. The molecule has 1 atom stereocenters. The van der Waals surface area contributed by atoms with Crippen molar-refractivity contribution in [3.8, 4) is 5.69 Å².